The van der Waals surface area contributed by atoms with Crippen molar-refractivity contribution < 1.29 is 19.5 Å². The van der Waals surface area contributed by atoms with Gasteiger partial charge in [-0.1, -0.05) is 6.92 Å². The number of carboxylic acids is 1. The number of carbonyl (C=O) groups excluding carboxylic acids is 2. The van der Waals surface area contributed by atoms with Crippen LogP contribution in [0.5, 0.6) is 0 Å². The third-order valence-corrected chi connectivity index (χ3v) is 3.65. The summed E-state index contributed by atoms with van der Waals surface area (Å²) in [6.45, 7) is 3.81. The number of hydrogen-bond acceptors (Lipinski definition) is 3. The molecule has 2 rings (SSSR count). The molecule has 3 amide bonds. The number of amides is 3. The molecular weight excluding hydrogens is 250 g/mol. The quantitative estimate of drug-likeness (QED) is 0.737. The zero-order valence-electron chi connectivity index (χ0n) is 11.0. The molecule has 2 aliphatic rings. The third kappa shape index (κ3) is 2.80. The minimum atomic E-state index is -0.833. The number of hydrogen-bond donors (Lipinski definition) is 2. The second-order valence-corrected chi connectivity index (χ2v) is 5.06. The second-order valence-electron chi connectivity index (χ2n) is 5.06. The molecule has 0 radical (unpaired) electrons. The lowest BCUT2D eigenvalue weighted by atomic mass is 9.96. The Bertz CT molecular complexity index is 392. The predicted molar refractivity (Wildman–Crippen MR) is 66.5 cm³/mol. The first-order chi connectivity index (χ1) is 9.02. The Hall–Kier alpha value is -1.79. The summed E-state index contributed by atoms with van der Waals surface area (Å²) < 4.78 is 0. The van der Waals surface area contributed by atoms with Crippen LogP contribution in [0, 0.1) is 5.92 Å². The summed E-state index contributed by atoms with van der Waals surface area (Å²) in [7, 11) is 0. The summed E-state index contributed by atoms with van der Waals surface area (Å²) in [5.41, 5.74) is 0. The number of carbonyl (C=O) groups is 3. The summed E-state index contributed by atoms with van der Waals surface area (Å²) in [5, 5.41) is 11.4. The topological polar surface area (TPSA) is 90.0 Å². The average Bonchev–Trinajstić information content (AvgIpc) is 2.32. The average molecular weight is 269 g/mol. The molecule has 1 atom stereocenters. The first-order valence-electron chi connectivity index (χ1n) is 6.58. The highest BCUT2D eigenvalue weighted by Gasteiger charge is 2.39. The van der Waals surface area contributed by atoms with Crippen LogP contribution < -0.4 is 5.32 Å². The third-order valence-electron chi connectivity index (χ3n) is 3.65. The van der Waals surface area contributed by atoms with E-state index in [1.54, 1.807) is 9.80 Å². The number of nitrogens with zero attached hydrogens (tertiary/aromatic N) is 2. The molecule has 0 bridgehead atoms. The number of nitrogens with one attached hydrogen (secondary N) is 1. The van der Waals surface area contributed by atoms with Gasteiger partial charge in [-0.3, -0.25) is 9.59 Å². The van der Waals surface area contributed by atoms with E-state index >= 15 is 0 Å². The zero-order chi connectivity index (χ0) is 14.0. The van der Waals surface area contributed by atoms with Gasteiger partial charge < -0.3 is 20.2 Å². The lowest BCUT2D eigenvalue weighted by molar-refractivity contribution is -0.139. The minimum absolute atomic E-state index is 0.0418. The van der Waals surface area contributed by atoms with Gasteiger partial charge in [-0.15, -0.1) is 0 Å². The van der Waals surface area contributed by atoms with Crippen LogP contribution in [0.15, 0.2) is 0 Å². The molecule has 2 heterocycles. The van der Waals surface area contributed by atoms with E-state index in [-0.39, 0.29) is 24.3 Å². The molecule has 0 aliphatic carbocycles. The number of carboxylic acid groups (broad SMARTS) is 1. The van der Waals surface area contributed by atoms with E-state index in [1.807, 2.05) is 6.92 Å². The molecule has 7 heteroatoms. The summed E-state index contributed by atoms with van der Waals surface area (Å²) in [4.78, 5) is 37.7. The van der Waals surface area contributed by atoms with Crippen molar-refractivity contribution in [1.82, 2.24) is 15.1 Å². The van der Waals surface area contributed by atoms with Gasteiger partial charge >= 0.3 is 12.0 Å². The maximum atomic E-state index is 12.3. The van der Waals surface area contributed by atoms with Crippen LogP contribution in [0.1, 0.15) is 19.8 Å². The number of rotatable bonds is 3. The minimum Gasteiger partial charge on any atom is -0.481 e. The van der Waals surface area contributed by atoms with E-state index in [1.165, 1.54) is 0 Å². The van der Waals surface area contributed by atoms with Crippen LogP contribution in [-0.2, 0) is 9.59 Å². The number of urea groups is 1. The van der Waals surface area contributed by atoms with E-state index in [0.717, 1.165) is 0 Å². The summed E-state index contributed by atoms with van der Waals surface area (Å²) in [6, 6.07) is -0.553. The van der Waals surface area contributed by atoms with E-state index in [2.05, 4.69) is 5.32 Å². The second kappa shape index (κ2) is 5.46. The van der Waals surface area contributed by atoms with Gasteiger partial charge in [0.25, 0.3) is 0 Å². The smallest absolute Gasteiger partial charge is 0.320 e. The van der Waals surface area contributed by atoms with E-state index in [9.17, 15) is 14.4 Å². The standard InChI is InChI=1S/C12H19N3O4/c1-2-9-11(18)13-3-4-15(9)12(19)14-6-8(7-14)5-10(16)17/h8-9H,2-7H2,1H3,(H,13,18)(H,16,17). The van der Waals surface area contributed by atoms with Crippen molar-refractivity contribution in [3.63, 3.8) is 0 Å². The molecule has 2 N–H and O–H groups in total. The molecule has 19 heavy (non-hydrogen) atoms. The first kappa shape index (κ1) is 13.6. The monoisotopic (exact) mass is 269 g/mol. The molecule has 2 aliphatic heterocycles. The predicted octanol–water partition coefficient (Wildman–Crippen LogP) is -0.277. The van der Waals surface area contributed by atoms with Crippen LogP contribution in [0.25, 0.3) is 0 Å². The lowest BCUT2D eigenvalue weighted by Gasteiger charge is -2.44. The fourth-order valence-electron chi connectivity index (χ4n) is 2.63. The van der Waals surface area contributed by atoms with E-state index in [4.69, 9.17) is 5.11 Å². The number of likely N-dealkylation sites (tertiary alicyclic amines) is 1. The van der Waals surface area contributed by atoms with Gasteiger partial charge in [-0.2, -0.15) is 0 Å². The highest BCUT2D eigenvalue weighted by molar-refractivity contribution is 5.88. The van der Waals surface area contributed by atoms with Crippen molar-refractivity contribution >= 4 is 17.9 Å². The van der Waals surface area contributed by atoms with E-state index in [0.29, 0.717) is 32.6 Å². The van der Waals surface area contributed by atoms with Gasteiger partial charge in [-0.05, 0) is 6.42 Å². The van der Waals surface area contributed by atoms with E-state index < -0.39 is 12.0 Å². The molecule has 2 fully saturated rings. The van der Waals surface area contributed by atoms with Crippen molar-refractivity contribution in [1.29, 1.82) is 0 Å². The van der Waals surface area contributed by atoms with Crippen molar-refractivity contribution in [2.24, 2.45) is 5.92 Å². The fourth-order valence-corrected chi connectivity index (χ4v) is 2.63. The molecule has 0 saturated carbocycles. The van der Waals surface area contributed by atoms with Crippen LogP contribution in [0.3, 0.4) is 0 Å². The lowest BCUT2D eigenvalue weighted by Crippen LogP contribution is -2.63. The first-order valence-corrected chi connectivity index (χ1v) is 6.58. The Morgan fingerprint density at radius 2 is 2.11 bits per heavy atom. The molecular formula is C12H19N3O4. The molecule has 106 valence electrons. The van der Waals surface area contributed by atoms with Gasteiger partial charge in [0.15, 0.2) is 0 Å². The van der Waals surface area contributed by atoms with Crippen molar-refractivity contribution in [2.75, 3.05) is 26.2 Å². The van der Waals surface area contributed by atoms with Crippen LogP contribution in [0.2, 0.25) is 0 Å². The normalized spacial score (nSPS) is 23.8. The van der Waals surface area contributed by atoms with Gasteiger partial charge in [0, 0.05) is 32.1 Å². The molecule has 0 spiro atoms. The van der Waals surface area contributed by atoms with Crippen molar-refractivity contribution in [3.8, 4) is 0 Å². The van der Waals surface area contributed by atoms with Gasteiger partial charge in [0.1, 0.15) is 6.04 Å². The number of aliphatic carboxylic acids is 1. The summed E-state index contributed by atoms with van der Waals surface area (Å²) in [6.07, 6.45) is 0.686. The van der Waals surface area contributed by atoms with Gasteiger partial charge in [0.2, 0.25) is 5.91 Å². The van der Waals surface area contributed by atoms with Crippen LogP contribution in [-0.4, -0.2) is 65.0 Å². The summed E-state index contributed by atoms with van der Waals surface area (Å²) in [5.74, 6) is -0.897. The Morgan fingerprint density at radius 3 is 2.68 bits per heavy atom. The maximum absolute atomic E-state index is 12.3. The van der Waals surface area contributed by atoms with Crippen molar-refractivity contribution in [2.45, 2.75) is 25.8 Å². The number of piperazine rings is 1. The SMILES string of the molecule is CCC1C(=O)NCCN1C(=O)N1CC(CC(=O)O)C1. The fraction of sp³-hybridized carbons (Fsp3) is 0.750. The largest absolute Gasteiger partial charge is 0.481 e. The Balaban J connectivity index is 1.90. The molecule has 7 nitrogen and oxygen atoms in total. The molecule has 1 unspecified atom stereocenters. The summed E-state index contributed by atoms with van der Waals surface area (Å²) >= 11 is 0. The Labute approximate surface area is 111 Å². The van der Waals surface area contributed by atoms with Gasteiger partial charge in [-0.25, -0.2) is 4.79 Å². The highest BCUT2D eigenvalue weighted by atomic mass is 16.4. The highest BCUT2D eigenvalue weighted by Crippen LogP contribution is 2.22. The molecule has 0 aromatic carbocycles. The zero-order valence-corrected chi connectivity index (χ0v) is 11.0. The Kier molecular flexibility index (Phi) is 3.92. The maximum Gasteiger partial charge on any atom is 0.320 e. The van der Waals surface area contributed by atoms with Gasteiger partial charge in [0.05, 0.1) is 6.42 Å². The Morgan fingerprint density at radius 1 is 1.42 bits per heavy atom. The van der Waals surface area contributed by atoms with Crippen LogP contribution >= 0.6 is 0 Å². The molecule has 0 aromatic rings. The van der Waals surface area contributed by atoms with Crippen LogP contribution in [0.4, 0.5) is 4.79 Å². The van der Waals surface area contributed by atoms with Crippen molar-refractivity contribution in [3.05, 3.63) is 0 Å². The molecule has 2 saturated heterocycles. The molecule has 0 aromatic heterocycles.